The van der Waals surface area contributed by atoms with E-state index in [0.717, 1.165) is 18.2 Å². The molecule has 1 aromatic rings. The first-order valence-corrected chi connectivity index (χ1v) is 6.76. The van der Waals surface area contributed by atoms with Crippen LogP contribution in [-0.2, 0) is 0 Å². The Hall–Kier alpha value is -2.20. The number of nitro groups is 1. The molecule has 0 aliphatic heterocycles. The van der Waals surface area contributed by atoms with E-state index in [0.29, 0.717) is 25.8 Å². The molecule has 1 saturated carbocycles. The summed E-state index contributed by atoms with van der Waals surface area (Å²) in [7, 11) is 0. The molecule has 0 aromatic heterocycles. The van der Waals surface area contributed by atoms with Crippen LogP contribution in [0.25, 0.3) is 0 Å². The van der Waals surface area contributed by atoms with E-state index < -0.39 is 16.3 Å². The molecule has 7 heteroatoms. The number of hydrogen-bond acceptors (Lipinski definition) is 5. The monoisotopic (exact) mass is 293 g/mol. The molecule has 112 valence electrons. The maximum Gasteiger partial charge on any atom is 0.311 e. The van der Waals surface area contributed by atoms with Gasteiger partial charge in [-0.1, -0.05) is 6.92 Å². The van der Waals surface area contributed by atoms with Gasteiger partial charge in [0, 0.05) is 18.6 Å². The van der Waals surface area contributed by atoms with Crippen LogP contribution >= 0.6 is 0 Å². The molecule has 1 fully saturated rings. The van der Waals surface area contributed by atoms with Crippen molar-refractivity contribution in [2.75, 3.05) is 6.54 Å². The number of benzene rings is 1. The lowest BCUT2D eigenvalue weighted by Gasteiger charge is -2.21. The Labute approximate surface area is 121 Å². The van der Waals surface area contributed by atoms with Gasteiger partial charge in [-0.05, 0) is 25.5 Å². The first-order chi connectivity index (χ1) is 9.99. The topological polar surface area (TPSA) is 88.2 Å². The van der Waals surface area contributed by atoms with Crippen molar-refractivity contribution in [1.29, 1.82) is 5.26 Å². The normalized spacial score (nSPS) is 24.5. The summed E-state index contributed by atoms with van der Waals surface area (Å²) in [4.78, 5) is 10.3. The summed E-state index contributed by atoms with van der Waals surface area (Å²) in [6, 6.07) is 5.37. The van der Waals surface area contributed by atoms with E-state index in [2.05, 4.69) is 11.4 Å². The largest absolute Gasteiger partial charge is 0.483 e. The zero-order valence-corrected chi connectivity index (χ0v) is 11.6. The van der Waals surface area contributed by atoms with Crippen molar-refractivity contribution in [1.82, 2.24) is 5.32 Å². The molecule has 1 aliphatic rings. The highest BCUT2D eigenvalue weighted by Crippen LogP contribution is 2.35. The highest BCUT2D eigenvalue weighted by atomic mass is 19.1. The van der Waals surface area contributed by atoms with Crippen LogP contribution in [0.5, 0.6) is 5.75 Å². The summed E-state index contributed by atoms with van der Waals surface area (Å²) >= 11 is 0. The molecule has 0 radical (unpaired) electrons. The van der Waals surface area contributed by atoms with E-state index in [-0.39, 0.29) is 17.5 Å². The molecular weight excluding hydrogens is 277 g/mol. The molecule has 6 nitrogen and oxygen atoms in total. The predicted molar refractivity (Wildman–Crippen MR) is 73.3 cm³/mol. The Morgan fingerprint density at radius 3 is 3.05 bits per heavy atom. The van der Waals surface area contributed by atoms with Gasteiger partial charge >= 0.3 is 5.69 Å². The van der Waals surface area contributed by atoms with Crippen LogP contribution in [0.1, 0.15) is 26.2 Å². The molecule has 1 aliphatic carbocycles. The standard InChI is InChI=1S/C14H16FN3O3/c1-2-17-14(9-16)6-5-11(8-14)21-13-7-10(15)3-4-12(13)18(19)20/h3-4,7,11,17H,2,5-6,8H2,1H3. The average Bonchev–Trinajstić information content (AvgIpc) is 2.83. The first kappa shape index (κ1) is 15.2. The van der Waals surface area contributed by atoms with Gasteiger partial charge < -0.3 is 4.74 Å². The van der Waals surface area contributed by atoms with Crippen molar-refractivity contribution >= 4 is 5.69 Å². The van der Waals surface area contributed by atoms with E-state index in [1.54, 1.807) is 0 Å². The molecule has 2 rings (SSSR count). The summed E-state index contributed by atoms with van der Waals surface area (Å²) in [5, 5.41) is 23.3. The summed E-state index contributed by atoms with van der Waals surface area (Å²) in [6.07, 6.45) is 1.27. The lowest BCUT2D eigenvalue weighted by molar-refractivity contribution is -0.386. The highest BCUT2D eigenvalue weighted by molar-refractivity contribution is 5.46. The summed E-state index contributed by atoms with van der Waals surface area (Å²) < 4.78 is 18.8. The van der Waals surface area contributed by atoms with Gasteiger partial charge in [-0.2, -0.15) is 5.26 Å². The van der Waals surface area contributed by atoms with E-state index >= 15 is 0 Å². The Bertz CT molecular complexity index is 587. The van der Waals surface area contributed by atoms with Crippen molar-refractivity contribution in [3.05, 3.63) is 34.1 Å². The van der Waals surface area contributed by atoms with E-state index in [1.807, 2.05) is 6.92 Å². The average molecular weight is 293 g/mol. The quantitative estimate of drug-likeness (QED) is 0.665. The number of nitrogens with zero attached hydrogens (tertiary/aromatic N) is 2. The summed E-state index contributed by atoms with van der Waals surface area (Å²) in [6.45, 7) is 2.56. The van der Waals surface area contributed by atoms with Crippen molar-refractivity contribution in [2.45, 2.75) is 37.8 Å². The summed E-state index contributed by atoms with van der Waals surface area (Å²) in [5.74, 6) is -0.679. The van der Waals surface area contributed by atoms with Crippen LogP contribution in [-0.4, -0.2) is 23.1 Å². The molecule has 21 heavy (non-hydrogen) atoms. The minimum atomic E-state index is -0.665. The number of nitro benzene ring substituents is 1. The van der Waals surface area contributed by atoms with Crippen molar-refractivity contribution in [3.63, 3.8) is 0 Å². The number of halogens is 1. The third-order valence-electron chi connectivity index (χ3n) is 3.61. The second kappa shape index (κ2) is 6.06. The van der Waals surface area contributed by atoms with Gasteiger partial charge in [0.25, 0.3) is 0 Å². The zero-order valence-electron chi connectivity index (χ0n) is 11.6. The number of nitrogens with one attached hydrogen (secondary N) is 1. The fourth-order valence-electron chi connectivity index (χ4n) is 2.65. The van der Waals surface area contributed by atoms with Crippen LogP contribution < -0.4 is 10.1 Å². The molecule has 0 bridgehead atoms. The molecule has 0 spiro atoms. The summed E-state index contributed by atoms with van der Waals surface area (Å²) in [5.41, 5.74) is -0.934. The third-order valence-corrected chi connectivity index (χ3v) is 3.61. The van der Waals surface area contributed by atoms with Crippen LogP contribution in [0.15, 0.2) is 18.2 Å². The molecule has 1 aromatic carbocycles. The molecular formula is C14H16FN3O3. The Morgan fingerprint density at radius 2 is 2.43 bits per heavy atom. The van der Waals surface area contributed by atoms with Crippen LogP contribution in [0.3, 0.4) is 0 Å². The lowest BCUT2D eigenvalue weighted by atomic mass is 10.00. The van der Waals surface area contributed by atoms with Crippen LogP contribution in [0, 0.1) is 27.3 Å². The zero-order chi connectivity index (χ0) is 15.5. The molecule has 0 heterocycles. The maximum absolute atomic E-state index is 13.3. The molecule has 2 unspecified atom stereocenters. The Kier molecular flexibility index (Phi) is 4.38. The minimum Gasteiger partial charge on any atom is -0.483 e. The van der Waals surface area contributed by atoms with Gasteiger partial charge in [0.1, 0.15) is 17.5 Å². The lowest BCUT2D eigenvalue weighted by Crippen LogP contribution is -2.42. The van der Waals surface area contributed by atoms with Gasteiger partial charge in [-0.25, -0.2) is 4.39 Å². The van der Waals surface area contributed by atoms with Gasteiger partial charge in [0.15, 0.2) is 5.75 Å². The van der Waals surface area contributed by atoms with Gasteiger partial charge in [0.05, 0.1) is 11.0 Å². The Morgan fingerprint density at radius 1 is 1.67 bits per heavy atom. The molecule has 1 N–H and O–H groups in total. The predicted octanol–water partition coefficient (Wildman–Crippen LogP) is 2.54. The van der Waals surface area contributed by atoms with Crippen LogP contribution in [0.2, 0.25) is 0 Å². The van der Waals surface area contributed by atoms with E-state index in [9.17, 15) is 19.8 Å². The molecule has 2 atom stereocenters. The van der Waals surface area contributed by atoms with Gasteiger partial charge in [-0.15, -0.1) is 0 Å². The van der Waals surface area contributed by atoms with Crippen LogP contribution in [0.4, 0.5) is 10.1 Å². The van der Waals surface area contributed by atoms with Gasteiger partial charge in [-0.3, -0.25) is 15.4 Å². The SMILES string of the molecule is CCNC1(C#N)CCC(Oc2cc(F)ccc2[N+](=O)[O-])C1. The smallest absolute Gasteiger partial charge is 0.311 e. The third kappa shape index (κ3) is 3.28. The van der Waals surface area contributed by atoms with Crippen molar-refractivity contribution in [3.8, 4) is 11.8 Å². The fourth-order valence-corrected chi connectivity index (χ4v) is 2.65. The maximum atomic E-state index is 13.3. The van der Waals surface area contributed by atoms with Gasteiger partial charge in [0.2, 0.25) is 0 Å². The molecule has 0 saturated heterocycles. The second-order valence-corrected chi connectivity index (χ2v) is 5.08. The fraction of sp³-hybridized carbons (Fsp3) is 0.500. The highest BCUT2D eigenvalue weighted by Gasteiger charge is 2.40. The first-order valence-electron chi connectivity index (χ1n) is 6.76. The second-order valence-electron chi connectivity index (χ2n) is 5.08. The number of rotatable bonds is 5. The van der Waals surface area contributed by atoms with Crippen molar-refractivity contribution < 1.29 is 14.1 Å². The molecule has 0 amide bonds. The number of nitriles is 1. The minimum absolute atomic E-state index is 0.0877. The van der Waals surface area contributed by atoms with E-state index in [1.165, 1.54) is 0 Å². The number of hydrogen-bond donors (Lipinski definition) is 1. The number of ether oxygens (including phenoxy) is 1. The van der Waals surface area contributed by atoms with E-state index in [4.69, 9.17) is 4.74 Å². The Balaban J connectivity index is 2.15. The van der Waals surface area contributed by atoms with Crippen molar-refractivity contribution in [2.24, 2.45) is 0 Å².